The van der Waals surface area contributed by atoms with Gasteiger partial charge in [-0.2, -0.15) is 8.42 Å². The van der Waals surface area contributed by atoms with E-state index in [4.69, 9.17) is 23.1 Å². The summed E-state index contributed by atoms with van der Waals surface area (Å²) in [4.78, 5) is 0.131. The maximum atomic E-state index is 10.9. The van der Waals surface area contributed by atoms with Gasteiger partial charge in [0.15, 0.2) is 0 Å². The van der Waals surface area contributed by atoms with E-state index in [2.05, 4.69) is 0 Å². The van der Waals surface area contributed by atoms with Crippen LogP contribution >= 0.6 is 11.6 Å². The van der Waals surface area contributed by atoms with Gasteiger partial charge in [-0.15, -0.1) is 0 Å². The first-order valence-electron chi connectivity index (χ1n) is 4.08. The molecule has 6 heteroatoms. The van der Waals surface area contributed by atoms with Crippen LogP contribution in [0.25, 0.3) is 0 Å². The number of hydrogen-bond donors (Lipinski definition) is 2. The first kappa shape index (κ1) is 11.1. The summed E-state index contributed by atoms with van der Waals surface area (Å²) in [6.45, 7) is 1.85. The fourth-order valence-electron chi connectivity index (χ4n) is 1.35. The highest BCUT2D eigenvalue weighted by molar-refractivity contribution is 7.73. The summed E-state index contributed by atoms with van der Waals surface area (Å²) < 4.78 is 21.8. The minimum Gasteiger partial charge on any atom is -0.398 e. The molecule has 0 aliphatic heterocycles. The summed E-state index contributed by atoms with van der Waals surface area (Å²) in [6.07, 6.45) is 2.23. The Labute approximate surface area is 88.8 Å². The van der Waals surface area contributed by atoms with Crippen LogP contribution in [0, 0.1) is 5.92 Å². The van der Waals surface area contributed by atoms with E-state index >= 15 is 0 Å². The molecular formula is C8H11ClN2O2S. The van der Waals surface area contributed by atoms with Crippen LogP contribution in [-0.2, 0) is 10.3 Å². The fraction of sp³-hybridized carbons (Fsp3) is 0.375. The van der Waals surface area contributed by atoms with Crippen molar-refractivity contribution in [1.82, 2.24) is 0 Å². The lowest BCUT2D eigenvalue weighted by molar-refractivity contribution is 0.625. The van der Waals surface area contributed by atoms with E-state index in [-0.39, 0.29) is 21.5 Å². The zero-order valence-corrected chi connectivity index (χ0v) is 9.19. The molecule has 0 bridgehead atoms. The van der Waals surface area contributed by atoms with Crippen molar-refractivity contribution in [3.05, 3.63) is 22.5 Å². The van der Waals surface area contributed by atoms with Crippen molar-refractivity contribution >= 4 is 26.8 Å². The Hall–Kier alpha value is -0.940. The number of hydrogen-bond acceptors (Lipinski definition) is 4. The first-order valence-corrected chi connectivity index (χ1v) is 5.53. The van der Waals surface area contributed by atoms with E-state index in [1.807, 2.05) is 6.92 Å². The van der Waals surface area contributed by atoms with E-state index < -0.39 is 10.3 Å². The van der Waals surface area contributed by atoms with Gasteiger partial charge in [0.2, 0.25) is 10.3 Å². The second-order valence-electron chi connectivity index (χ2n) is 2.96. The Morgan fingerprint density at radius 1 is 1.50 bits per heavy atom. The molecule has 1 atom stereocenters. The molecule has 0 spiro atoms. The predicted octanol–water partition coefficient (Wildman–Crippen LogP) is 0.329. The average molecular weight is 235 g/mol. The van der Waals surface area contributed by atoms with Crippen molar-refractivity contribution in [2.24, 2.45) is 17.4 Å². The summed E-state index contributed by atoms with van der Waals surface area (Å²) in [5.41, 5.74) is 11.6. The van der Waals surface area contributed by atoms with Crippen LogP contribution in [0.4, 0.5) is 0 Å². The lowest BCUT2D eigenvalue weighted by atomic mass is 9.94. The highest BCUT2D eigenvalue weighted by Crippen LogP contribution is 2.25. The Morgan fingerprint density at radius 3 is 2.50 bits per heavy atom. The maximum absolute atomic E-state index is 10.9. The molecule has 14 heavy (non-hydrogen) atoms. The highest BCUT2D eigenvalue weighted by Gasteiger charge is 2.24. The average Bonchev–Trinajstić information content (AvgIpc) is 2.12. The van der Waals surface area contributed by atoms with E-state index in [1.165, 1.54) is 0 Å². The maximum Gasteiger partial charge on any atom is 0.220 e. The normalized spacial score (nSPS) is 22.3. The Morgan fingerprint density at radius 2 is 2.07 bits per heavy atom. The number of allylic oxidation sites excluding steroid dienone is 3. The zero-order valence-electron chi connectivity index (χ0n) is 7.62. The Bertz CT molecular complexity index is 440. The molecule has 1 aliphatic rings. The van der Waals surface area contributed by atoms with Crippen LogP contribution in [0.3, 0.4) is 0 Å². The molecule has 0 aromatic rings. The summed E-state index contributed by atoms with van der Waals surface area (Å²) in [7, 11) is -2.35. The molecule has 0 radical (unpaired) electrons. The van der Waals surface area contributed by atoms with Gasteiger partial charge in [0.05, 0.1) is 10.7 Å². The summed E-state index contributed by atoms with van der Waals surface area (Å²) in [5, 5.41) is 0.119. The molecule has 78 valence electrons. The Balaban J connectivity index is 3.42. The van der Waals surface area contributed by atoms with Gasteiger partial charge >= 0.3 is 0 Å². The van der Waals surface area contributed by atoms with Gasteiger partial charge in [-0.25, -0.2) is 0 Å². The van der Waals surface area contributed by atoms with Crippen molar-refractivity contribution in [3.8, 4) is 0 Å². The number of nitrogens with two attached hydrogens (primary N) is 2. The lowest BCUT2D eigenvalue weighted by Gasteiger charge is -2.19. The van der Waals surface area contributed by atoms with Gasteiger partial charge in [-0.1, -0.05) is 24.6 Å². The van der Waals surface area contributed by atoms with E-state index in [9.17, 15) is 8.42 Å². The molecule has 1 rings (SSSR count). The molecule has 1 unspecified atom stereocenters. The number of halogens is 1. The molecule has 0 saturated heterocycles. The molecule has 0 aromatic carbocycles. The van der Waals surface area contributed by atoms with E-state index in [0.717, 1.165) is 0 Å². The van der Waals surface area contributed by atoms with E-state index in [1.54, 1.807) is 6.08 Å². The molecule has 0 fully saturated rings. The quantitative estimate of drug-likeness (QED) is 0.641. The second kappa shape index (κ2) is 4.06. The van der Waals surface area contributed by atoms with Crippen LogP contribution in [0.1, 0.15) is 13.3 Å². The SMILES string of the molecule is CCC1C=C(N)C(Cl)=C(N)C1=S(=O)=O. The minimum atomic E-state index is -2.35. The third kappa shape index (κ3) is 1.78. The standard InChI is InChI=1S/C8H11ClN2O2S/c1-2-4-3-5(10)6(9)7(11)8(4)14(12)13/h3-4H,2,10-11H2,1H3. The molecule has 1 aliphatic carbocycles. The molecular weight excluding hydrogens is 224 g/mol. The highest BCUT2D eigenvalue weighted by atomic mass is 35.5. The molecule has 0 saturated carbocycles. The topological polar surface area (TPSA) is 86.2 Å². The van der Waals surface area contributed by atoms with E-state index in [0.29, 0.717) is 12.1 Å². The van der Waals surface area contributed by atoms with Crippen LogP contribution in [-0.4, -0.2) is 13.3 Å². The van der Waals surface area contributed by atoms with Crippen molar-refractivity contribution in [2.75, 3.05) is 0 Å². The van der Waals surface area contributed by atoms with Gasteiger partial charge in [0.25, 0.3) is 0 Å². The summed E-state index contributed by atoms with van der Waals surface area (Å²) in [6, 6.07) is 0. The molecule has 0 amide bonds. The van der Waals surface area contributed by atoms with Gasteiger partial charge in [0.1, 0.15) is 4.86 Å². The lowest BCUT2D eigenvalue weighted by Crippen LogP contribution is -2.27. The summed E-state index contributed by atoms with van der Waals surface area (Å²) in [5.74, 6) is -0.268. The van der Waals surface area contributed by atoms with Crippen LogP contribution in [0.15, 0.2) is 22.5 Å². The second-order valence-corrected chi connectivity index (χ2v) is 4.25. The smallest absolute Gasteiger partial charge is 0.220 e. The molecule has 0 aromatic heterocycles. The first-order chi connectivity index (χ1) is 6.49. The monoisotopic (exact) mass is 234 g/mol. The van der Waals surface area contributed by atoms with Crippen molar-refractivity contribution in [3.63, 3.8) is 0 Å². The van der Waals surface area contributed by atoms with Crippen LogP contribution < -0.4 is 11.5 Å². The number of rotatable bonds is 1. The van der Waals surface area contributed by atoms with Crippen molar-refractivity contribution < 1.29 is 8.42 Å². The predicted molar refractivity (Wildman–Crippen MR) is 57.0 cm³/mol. The third-order valence-electron chi connectivity index (χ3n) is 2.09. The van der Waals surface area contributed by atoms with Crippen molar-refractivity contribution in [2.45, 2.75) is 13.3 Å². The minimum absolute atomic E-state index is 0.0619. The van der Waals surface area contributed by atoms with Crippen LogP contribution in [0.2, 0.25) is 0 Å². The summed E-state index contributed by atoms with van der Waals surface area (Å²) >= 11 is 5.75. The third-order valence-corrected chi connectivity index (χ3v) is 3.40. The molecule has 0 heterocycles. The zero-order chi connectivity index (χ0) is 10.9. The van der Waals surface area contributed by atoms with Gasteiger partial charge < -0.3 is 11.5 Å². The van der Waals surface area contributed by atoms with Gasteiger partial charge in [-0.05, 0) is 6.42 Å². The van der Waals surface area contributed by atoms with Gasteiger partial charge in [-0.3, -0.25) is 0 Å². The molecule has 4 nitrogen and oxygen atoms in total. The van der Waals surface area contributed by atoms with Crippen LogP contribution in [0.5, 0.6) is 0 Å². The fourth-order valence-corrected chi connectivity index (χ4v) is 2.33. The molecule has 4 N–H and O–H groups in total. The largest absolute Gasteiger partial charge is 0.398 e. The Kier molecular flexibility index (Phi) is 3.23. The van der Waals surface area contributed by atoms with Crippen molar-refractivity contribution in [1.29, 1.82) is 0 Å². The van der Waals surface area contributed by atoms with Gasteiger partial charge in [0, 0.05) is 11.6 Å².